The van der Waals surface area contributed by atoms with Crippen LogP contribution in [0.25, 0.3) is 0 Å². The molecule has 2 saturated heterocycles. The lowest BCUT2D eigenvalue weighted by Gasteiger charge is -2.43. The molecule has 6 nitrogen and oxygen atoms in total. The van der Waals surface area contributed by atoms with Crippen molar-refractivity contribution in [1.82, 2.24) is 4.90 Å². The van der Waals surface area contributed by atoms with Gasteiger partial charge in [0.1, 0.15) is 11.4 Å². The van der Waals surface area contributed by atoms with E-state index >= 15 is 0 Å². The highest BCUT2D eigenvalue weighted by Gasteiger charge is 2.46. The number of nitrogens with zero attached hydrogens (tertiary/aromatic N) is 1. The molecule has 2 aliphatic rings. The number of hydrogen-bond acceptors (Lipinski definition) is 5. The molecule has 0 radical (unpaired) electrons. The van der Waals surface area contributed by atoms with E-state index in [0.717, 1.165) is 5.56 Å². The molecule has 25 heavy (non-hydrogen) atoms. The molecule has 1 atom stereocenters. The average molecular weight is 349 g/mol. The van der Waals surface area contributed by atoms with E-state index in [1.165, 1.54) is 0 Å². The summed E-state index contributed by atoms with van der Waals surface area (Å²) in [6.45, 7) is 7.24. The molecule has 0 bridgehead atoms. The number of para-hydroxylation sites is 1. The third-order valence-corrected chi connectivity index (χ3v) is 4.61. The largest absolute Gasteiger partial charge is 0.508 e. The van der Waals surface area contributed by atoms with Crippen molar-refractivity contribution in [3.8, 4) is 5.75 Å². The maximum atomic E-state index is 12.7. The van der Waals surface area contributed by atoms with Gasteiger partial charge >= 0.3 is 6.09 Å². The van der Waals surface area contributed by atoms with Gasteiger partial charge in [-0.3, -0.25) is 0 Å². The van der Waals surface area contributed by atoms with E-state index in [-0.39, 0.29) is 17.9 Å². The zero-order valence-corrected chi connectivity index (χ0v) is 15.2. The van der Waals surface area contributed by atoms with Crippen LogP contribution in [-0.4, -0.2) is 53.3 Å². The van der Waals surface area contributed by atoms with Crippen molar-refractivity contribution in [3.05, 3.63) is 29.8 Å². The number of rotatable bonds is 2. The number of phenolic OH excluding ortho intramolecular Hbond substituents is 1. The molecule has 0 saturated carbocycles. The fraction of sp³-hybridized carbons (Fsp3) is 0.632. The quantitative estimate of drug-likeness (QED) is 0.889. The number of ether oxygens (including phenoxy) is 3. The van der Waals surface area contributed by atoms with E-state index < -0.39 is 11.4 Å². The van der Waals surface area contributed by atoms with Crippen LogP contribution in [0.1, 0.15) is 39.2 Å². The Hall–Kier alpha value is -1.79. The Labute approximate surface area is 148 Å². The normalized spacial score (nSPS) is 23.0. The summed E-state index contributed by atoms with van der Waals surface area (Å²) in [5.41, 5.74) is 0.252. The summed E-state index contributed by atoms with van der Waals surface area (Å²) in [6, 6.07) is 7.05. The number of hydrogen-bond donors (Lipinski definition) is 1. The number of likely N-dealkylation sites (tertiary alicyclic amines) is 1. The van der Waals surface area contributed by atoms with Crippen molar-refractivity contribution in [2.45, 2.75) is 57.5 Å². The Kier molecular flexibility index (Phi) is 4.93. The molecular formula is C19H27NO5. The van der Waals surface area contributed by atoms with Gasteiger partial charge in [0.05, 0.1) is 13.2 Å². The maximum Gasteiger partial charge on any atom is 0.410 e. The molecule has 1 aromatic carbocycles. The van der Waals surface area contributed by atoms with E-state index in [0.29, 0.717) is 39.0 Å². The van der Waals surface area contributed by atoms with Gasteiger partial charge in [0.25, 0.3) is 0 Å². The van der Waals surface area contributed by atoms with Crippen LogP contribution in [0.5, 0.6) is 5.75 Å². The number of phenols is 1. The summed E-state index contributed by atoms with van der Waals surface area (Å²) in [7, 11) is 0. The van der Waals surface area contributed by atoms with Crippen LogP contribution in [0.2, 0.25) is 0 Å². The fourth-order valence-corrected chi connectivity index (χ4v) is 3.48. The molecule has 1 spiro atoms. The van der Waals surface area contributed by atoms with E-state index in [1.54, 1.807) is 17.0 Å². The lowest BCUT2D eigenvalue weighted by Crippen LogP contribution is -2.54. The number of carbonyl (C=O) groups is 1. The standard InChI is InChI=1S/C19H27NO5/c1-18(2,3)25-17(22)20-9-8-19(23-10-11-24-19)13-15(20)12-14-6-4-5-7-16(14)21/h4-7,15,21H,8-13H2,1-3H3. The summed E-state index contributed by atoms with van der Waals surface area (Å²) in [6.07, 6.45) is 1.39. The topological polar surface area (TPSA) is 68.2 Å². The van der Waals surface area contributed by atoms with Gasteiger partial charge < -0.3 is 24.2 Å². The first-order valence-electron chi connectivity index (χ1n) is 8.82. The van der Waals surface area contributed by atoms with Gasteiger partial charge in [-0.2, -0.15) is 0 Å². The van der Waals surface area contributed by atoms with Crippen LogP contribution in [0.15, 0.2) is 24.3 Å². The first kappa shape index (κ1) is 18.0. The molecule has 3 rings (SSSR count). The van der Waals surface area contributed by atoms with E-state index in [1.807, 2.05) is 32.9 Å². The highest BCUT2D eigenvalue weighted by atomic mass is 16.7. The fourth-order valence-electron chi connectivity index (χ4n) is 3.48. The van der Waals surface area contributed by atoms with Gasteiger partial charge in [0.2, 0.25) is 0 Å². The summed E-state index contributed by atoms with van der Waals surface area (Å²) in [4.78, 5) is 14.4. The molecule has 0 aromatic heterocycles. The van der Waals surface area contributed by atoms with E-state index in [4.69, 9.17) is 14.2 Å². The summed E-state index contributed by atoms with van der Waals surface area (Å²) in [5, 5.41) is 10.1. The van der Waals surface area contributed by atoms with Gasteiger partial charge in [0, 0.05) is 25.4 Å². The summed E-state index contributed by atoms with van der Waals surface area (Å²) < 4.78 is 17.3. The minimum atomic E-state index is -0.617. The zero-order valence-electron chi connectivity index (χ0n) is 15.2. The molecule has 138 valence electrons. The number of carbonyl (C=O) groups excluding carboxylic acids is 1. The number of aromatic hydroxyl groups is 1. The second-order valence-electron chi connectivity index (χ2n) is 7.72. The molecule has 6 heteroatoms. The molecule has 2 fully saturated rings. The van der Waals surface area contributed by atoms with Crippen LogP contribution in [0.3, 0.4) is 0 Å². The molecule has 2 aliphatic heterocycles. The molecular weight excluding hydrogens is 322 g/mol. The third kappa shape index (κ3) is 4.25. The number of piperidine rings is 1. The lowest BCUT2D eigenvalue weighted by atomic mass is 9.91. The van der Waals surface area contributed by atoms with Crippen molar-refractivity contribution in [2.75, 3.05) is 19.8 Å². The molecule has 1 unspecified atom stereocenters. The Bertz CT molecular complexity index is 618. The average Bonchev–Trinajstić information content (AvgIpc) is 2.96. The Morgan fingerprint density at radius 1 is 1.32 bits per heavy atom. The van der Waals surface area contributed by atoms with Crippen LogP contribution in [0.4, 0.5) is 4.79 Å². The summed E-state index contributed by atoms with van der Waals surface area (Å²) in [5.74, 6) is -0.382. The summed E-state index contributed by atoms with van der Waals surface area (Å²) >= 11 is 0. The Morgan fingerprint density at radius 3 is 2.64 bits per heavy atom. The van der Waals surface area contributed by atoms with Gasteiger partial charge in [-0.05, 0) is 38.8 Å². The van der Waals surface area contributed by atoms with E-state index in [9.17, 15) is 9.90 Å². The Balaban J connectivity index is 1.80. The van der Waals surface area contributed by atoms with Crippen LogP contribution in [-0.2, 0) is 20.6 Å². The predicted octanol–water partition coefficient (Wildman–Crippen LogP) is 3.08. The maximum absolute atomic E-state index is 12.7. The van der Waals surface area contributed by atoms with Crippen LogP contribution >= 0.6 is 0 Å². The molecule has 0 aliphatic carbocycles. The highest BCUT2D eigenvalue weighted by Crippen LogP contribution is 2.37. The molecule has 2 heterocycles. The van der Waals surface area contributed by atoms with Crippen molar-refractivity contribution in [3.63, 3.8) is 0 Å². The SMILES string of the molecule is CC(C)(C)OC(=O)N1CCC2(CC1Cc1ccccc1O)OCCO2. The van der Waals surface area contributed by atoms with Crippen LogP contribution < -0.4 is 0 Å². The minimum Gasteiger partial charge on any atom is -0.508 e. The van der Waals surface area contributed by atoms with Gasteiger partial charge in [-0.15, -0.1) is 0 Å². The van der Waals surface area contributed by atoms with Crippen LogP contribution in [0, 0.1) is 0 Å². The highest BCUT2D eigenvalue weighted by molar-refractivity contribution is 5.69. The lowest BCUT2D eigenvalue weighted by molar-refractivity contribution is -0.194. The zero-order chi connectivity index (χ0) is 18.1. The first-order valence-corrected chi connectivity index (χ1v) is 8.82. The monoisotopic (exact) mass is 349 g/mol. The van der Waals surface area contributed by atoms with Gasteiger partial charge in [-0.25, -0.2) is 4.79 Å². The molecule has 1 aromatic rings. The van der Waals surface area contributed by atoms with Crippen molar-refractivity contribution in [1.29, 1.82) is 0 Å². The predicted molar refractivity (Wildman–Crippen MR) is 92.4 cm³/mol. The molecule has 1 amide bonds. The second kappa shape index (κ2) is 6.84. The molecule has 1 N–H and O–H groups in total. The number of benzene rings is 1. The Morgan fingerprint density at radius 2 is 2.00 bits per heavy atom. The van der Waals surface area contributed by atoms with Gasteiger partial charge in [-0.1, -0.05) is 18.2 Å². The first-order chi connectivity index (χ1) is 11.8. The van der Waals surface area contributed by atoms with Gasteiger partial charge in [0.15, 0.2) is 5.79 Å². The van der Waals surface area contributed by atoms with E-state index in [2.05, 4.69) is 0 Å². The number of amides is 1. The second-order valence-corrected chi connectivity index (χ2v) is 7.72. The third-order valence-electron chi connectivity index (χ3n) is 4.61. The minimum absolute atomic E-state index is 0.157. The smallest absolute Gasteiger partial charge is 0.410 e. The van der Waals surface area contributed by atoms with Crippen molar-refractivity contribution in [2.24, 2.45) is 0 Å². The van der Waals surface area contributed by atoms with Crippen molar-refractivity contribution >= 4 is 6.09 Å². The van der Waals surface area contributed by atoms with Crippen molar-refractivity contribution < 1.29 is 24.1 Å².